The molecule has 1 aliphatic rings. The van der Waals surface area contributed by atoms with Gasteiger partial charge < -0.3 is 23.7 Å². The van der Waals surface area contributed by atoms with Crippen molar-refractivity contribution in [3.8, 4) is 0 Å². The highest BCUT2D eigenvalue weighted by atomic mass is 35.6. The Morgan fingerprint density at radius 2 is 1.40 bits per heavy atom. The minimum Gasteiger partial charge on any atom is -0.456 e. The molecule has 0 amide bonds. The Hall–Kier alpha value is -1.29. The average Bonchev–Trinajstić information content (AvgIpc) is 2.42. The predicted molar refractivity (Wildman–Crippen MR) is 85.5 cm³/mol. The van der Waals surface area contributed by atoms with Gasteiger partial charge in [-0.1, -0.05) is 34.8 Å². The Morgan fingerprint density at radius 1 is 0.920 bits per heavy atom. The van der Waals surface area contributed by atoms with E-state index in [0.717, 1.165) is 20.8 Å². The number of carbonyl (C=O) groups is 3. The lowest BCUT2D eigenvalue weighted by Crippen LogP contribution is -2.58. The molecule has 0 bridgehead atoms. The van der Waals surface area contributed by atoms with E-state index in [2.05, 4.69) is 0 Å². The number of hydrogen-bond acceptors (Lipinski definition) is 9. The highest BCUT2D eigenvalue weighted by Crippen LogP contribution is 2.31. The van der Waals surface area contributed by atoms with E-state index in [1.807, 2.05) is 0 Å². The van der Waals surface area contributed by atoms with Gasteiger partial charge in [0.25, 0.3) is 3.79 Å². The van der Waals surface area contributed by atoms with Gasteiger partial charge >= 0.3 is 17.9 Å². The van der Waals surface area contributed by atoms with E-state index in [4.69, 9.17) is 63.9 Å². The fraction of sp³-hybridized carbons (Fsp3) is 0.692. The molecule has 0 aromatic heterocycles. The summed E-state index contributed by atoms with van der Waals surface area (Å²) in [6, 6.07) is 0. The van der Waals surface area contributed by atoms with Crippen LogP contribution in [-0.4, -0.2) is 58.8 Å². The third kappa shape index (κ3) is 6.85. The lowest BCUT2D eigenvalue weighted by Gasteiger charge is -2.40. The number of esters is 3. The van der Waals surface area contributed by atoms with Crippen LogP contribution in [0.3, 0.4) is 0 Å². The second-order valence-electron chi connectivity index (χ2n) is 4.94. The van der Waals surface area contributed by atoms with Crippen molar-refractivity contribution in [3.63, 3.8) is 0 Å². The SMILES string of the molecule is CC(=O)O[C@H]1[C@H](OC(=N)C(Cl)(Cl)Cl)OC[C@H](OC(C)=O)[C@H]1OC(C)=O. The average molecular weight is 421 g/mol. The van der Waals surface area contributed by atoms with E-state index in [-0.39, 0.29) is 6.61 Å². The predicted octanol–water partition coefficient (Wildman–Crippen LogP) is 1.50. The third-order valence-electron chi connectivity index (χ3n) is 2.80. The second kappa shape index (κ2) is 8.88. The molecule has 1 N–H and O–H groups in total. The lowest BCUT2D eigenvalue weighted by molar-refractivity contribution is -0.263. The van der Waals surface area contributed by atoms with Crippen molar-refractivity contribution >= 4 is 58.6 Å². The topological polar surface area (TPSA) is 121 Å². The quantitative estimate of drug-likeness (QED) is 0.239. The molecule has 1 rings (SSSR count). The Kier molecular flexibility index (Phi) is 7.73. The lowest BCUT2D eigenvalue weighted by atomic mass is 10.0. The van der Waals surface area contributed by atoms with Crippen LogP contribution in [0, 0.1) is 5.41 Å². The highest BCUT2D eigenvalue weighted by Gasteiger charge is 2.49. The molecule has 9 nitrogen and oxygen atoms in total. The summed E-state index contributed by atoms with van der Waals surface area (Å²) in [7, 11) is 0. The Balaban J connectivity index is 3.09. The fourth-order valence-electron chi connectivity index (χ4n) is 1.99. The molecule has 1 heterocycles. The third-order valence-corrected chi connectivity index (χ3v) is 3.31. The summed E-state index contributed by atoms with van der Waals surface area (Å²) >= 11 is 16.6. The van der Waals surface area contributed by atoms with Crippen LogP contribution in [0.1, 0.15) is 20.8 Å². The van der Waals surface area contributed by atoms with Crippen molar-refractivity contribution in [1.82, 2.24) is 0 Å². The zero-order valence-corrected chi connectivity index (χ0v) is 15.7. The molecule has 142 valence electrons. The van der Waals surface area contributed by atoms with Crippen LogP contribution >= 0.6 is 34.8 Å². The minimum absolute atomic E-state index is 0.271. The fourth-order valence-corrected chi connectivity index (χ4v) is 2.13. The van der Waals surface area contributed by atoms with Crippen molar-refractivity contribution in [1.29, 1.82) is 5.41 Å². The van der Waals surface area contributed by atoms with Crippen molar-refractivity contribution in [2.45, 2.75) is 49.2 Å². The molecular weight excluding hydrogens is 405 g/mol. The van der Waals surface area contributed by atoms with Gasteiger partial charge in [0.15, 0.2) is 12.2 Å². The van der Waals surface area contributed by atoms with Gasteiger partial charge in [0.2, 0.25) is 18.3 Å². The van der Waals surface area contributed by atoms with Gasteiger partial charge in [-0.3, -0.25) is 19.8 Å². The Morgan fingerprint density at radius 3 is 1.84 bits per heavy atom. The molecule has 4 atom stereocenters. The first kappa shape index (κ1) is 21.8. The molecule has 12 heteroatoms. The summed E-state index contributed by atoms with van der Waals surface area (Å²) in [4.78, 5) is 34.0. The minimum atomic E-state index is -2.19. The van der Waals surface area contributed by atoms with E-state index in [1.54, 1.807) is 0 Å². The number of alkyl halides is 3. The molecule has 1 saturated heterocycles. The maximum Gasteiger partial charge on any atom is 0.303 e. The molecular formula is C13H16Cl3NO8. The van der Waals surface area contributed by atoms with Gasteiger partial charge in [-0.2, -0.15) is 0 Å². The summed E-state index contributed by atoms with van der Waals surface area (Å²) in [5.74, 6) is -2.95. The smallest absolute Gasteiger partial charge is 0.303 e. The van der Waals surface area contributed by atoms with Gasteiger partial charge in [0, 0.05) is 20.8 Å². The molecule has 0 spiro atoms. The normalized spacial score (nSPS) is 26.3. The number of ether oxygens (including phenoxy) is 5. The Bertz CT molecular complexity index is 550. The van der Waals surface area contributed by atoms with Crippen molar-refractivity contribution < 1.29 is 38.1 Å². The van der Waals surface area contributed by atoms with Gasteiger partial charge in [0.1, 0.15) is 0 Å². The van der Waals surface area contributed by atoms with E-state index in [9.17, 15) is 14.4 Å². The van der Waals surface area contributed by atoms with Crippen LogP contribution in [0.2, 0.25) is 0 Å². The maximum atomic E-state index is 11.4. The van der Waals surface area contributed by atoms with Gasteiger partial charge in [0.05, 0.1) is 6.61 Å². The number of hydrogen-bond donors (Lipinski definition) is 1. The zero-order chi connectivity index (χ0) is 19.4. The monoisotopic (exact) mass is 419 g/mol. The summed E-state index contributed by atoms with van der Waals surface area (Å²) in [5, 5.41) is 7.59. The zero-order valence-electron chi connectivity index (χ0n) is 13.4. The van der Waals surface area contributed by atoms with Crippen LogP contribution in [0.5, 0.6) is 0 Å². The van der Waals surface area contributed by atoms with Gasteiger partial charge in [-0.15, -0.1) is 0 Å². The molecule has 0 unspecified atom stereocenters. The largest absolute Gasteiger partial charge is 0.456 e. The number of halogens is 3. The van der Waals surface area contributed by atoms with E-state index < -0.39 is 52.2 Å². The number of carbonyl (C=O) groups excluding carboxylic acids is 3. The first-order valence-corrected chi connectivity index (χ1v) is 8.01. The molecule has 0 saturated carbocycles. The molecule has 0 radical (unpaired) electrons. The van der Waals surface area contributed by atoms with Crippen LogP contribution in [-0.2, 0) is 38.1 Å². The van der Waals surface area contributed by atoms with Crippen LogP contribution in [0.25, 0.3) is 0 Å². The van der Waals surface area contributed by atoms with Gasteiger partial charge in [-0.05, 0) is 0 Å². The molecule has 0 aromatic rings. The summed E-state index contributed by atoms with van der Waals surface area (Å²) < 4.78 is 23.4. The summed E-state index contributed by atoms with van der Waals surface area (Å²) in [6.07, 6.45) is -5.10. The summed E-state index contributed by atoms with van der Waals surface area (Å²) in [5.41, 5.74) is 0. The van der Waals surface area contributed by atoms with Crippen LogP contribution < -0.4 is 0 Å². The standard InChI is InChI=1S/C13H16Cl3NO8/c1-5(18)22-8-4-21-11(25-12(17)13(14,15)16)10(24-7(3)20)9(8)23-6(2)19/h8-11,17H,4H2,1-3H3/t8-,9+,10+,11-/m0/s1. The second-order valence-corrected chi connectivity index (χ2v) is 7.22. The highest BCUT2D eigenvalue weighted by molar-refractivity contribution is 6.76. The first-order chi connectivity index (χ1) is 11.4. The van der Waals surface area contributed by atoms with Crippen LogP contribution in [0.4, 0.5) is 0 Å². The number of nitrogens with one attached hydrogen (secondary N) is 1. The molecule has 25 heavy (non-hydrogen) atoms. The molecule has 1 aliphatic heterocycles. The van der Waals surface area contributed by atoms with Gasteiger partial charge in [-0.25, -0.2) is 0 Å². The van der Waals surface area contributed by atoms with Crippen LogP contribution in [0.15, 0.2) is 0 Å². The number of rotatable bonds is 4. The van der Waals surface area contributed by atoms with E-state index in [0.29, 0.717) is 0 Å². The van der Waals surface area contributed by atoms with E-state index >= 15 is 0 Å². The summed E-state index contributed by atoms with van der Waals surface area (Å²) in [6.45, 7) is 3.09. The van der Waals surface area contributed by atoms with Crippen molar-refractivity contribution in [2.24, 2.45) is 0 Å². The van der Waals surface area contributed by atoms with Crippen molar-refractivity contribution in [2.75, 3.05) is 6.61 Å². The van der Waals surface area contributed by atoms with Crippen molar-refractivity contribution in [3.05, 3.63) is 0 Å². The molecule has 0 aromatic carbocycles. The first-order valence-electron chi connectivity index (χ1n) is 6.87. The Labute approximate surface area is 158 Å². The maximum absolute atomic E-state index is 11.4. The molecule has 1 fully saturated rings. The molecule has 0 aliphatic carbocycles. The van der Waals surface area contributed by atoms with E-state index in [1.165, 1.54) is 0 Å².